The first kappa shape index (κ1) is 18.7. The van der Waals surface area contributed by atoms with Gasteiger partial charge in [-0.05, 0) is 35.9 Å². The van der Waals surface area contributed by atoms with Gasteiger partial charge in [0, 0.05) is 6.54 Å². The average molecular weight is 398 g/mol. The Balaban J connectivity index is 2.03. The van der Waals surface area contributed by atoms with Gasteiger partial charge in [-0.3, -0.25) is 0 Å². The lowest BCUT2D eigenvalue weighted by Gasteiger charge is -2.12. The van der Waals surface area contributed by atoms with Gasteiger partial charge in [0.1, 0.15) is 0 Å². The lowest BCUT2D eigenvalue weighted by molar-refractivity contribution is -0.137. The molecule has 0 unspecified atom stereocenters. The molecule has 0 saturated heterocycles. The molecule has 9 heteroatoms. The van der Waals surface area contributed by atoms with Crippen LogP contribution in [0.25, 0.3) is 0 Å². The molecular formula is C15H10Cl3F3N2O. The number of amides is 2. The Bertz CT molecular complexity index is 766. The van der Waals surface area contributed by atoms with Gasteiger partial charge in [-0.15, -0.1) is 0 Å². The Kier molecular flexibility index (Phi) is 5.85. The van der Waals surface area contributed by atoms with Crippen LogP contribution in [0.1, 0.15) is 11.1 Å². The van der Waals surface area contributed by atoms with Gasteiger partial charge in [-0.25, -0.2) is 4.79 Å². The van der Waals surface area contributed by atoms with Gasteiger partial charge in [-0.1, -0.05) is 40.9 Å². The normalized spacial score (nSPS) is 11.2. The molecule has 0 aromatic heterocycles. The maximum atomic E-state index is 12.7. The van der Waals surface area contributed by atoms with Crippen LogP contribution in [-0.2, 0) is 12.7 Å². The number of carbonyl (C=O) groups is 1. The first-order chi connectivity index (χ1) is 11.2. The highest BCUT2D eigenvalue weighted by Gasteiger charge is 2.31. The van der Waals surface area contributed by atoms with Crippen molar-refractivity contribution in [1.29, 1.82) is 0 Å². The molecule has 0 heterocycles. The molecule has 0 spiro atoms. The fourth-order valence-corrected chi connectivity index (χ4v) is 2.28. The third kappa shape index (κ3) is 4.93. The molecule has 2 aromatic rings. The molecule has 2 N–H and O–H groups in total. The van der Waals surface area contributed by atoms with E-state index in [4.69, 9.17) is 34.8 Å². The van der Waals surface area contributed by atoms with Gasteiger partial charge in [0.25, 0.3) is 0 Å². The molecule has 0 saturated carbocycles. The maximum Gasteiger partial charge on any atom is 0.416 e. The summed E-state index contributed by atoms with van der Waals surface area (Å²) in [6.45, 7) is 0.110. The molecule has 0 aliphatic carbocycles. The fraction of sp³-hybridized carbons (Fsp3) is 0.133. The molecule has 0 fully saturated rings. The van der Waals surface area contributed by atoms with Crippen molar-refractivity contribution in [2.24, 2.45) is 0 Å². The topological polar surface area (TPSA) is 41.1 Å². The van der Waals surface area contributed by atoms with Gasteiger partial charge < -0.3 is 10.6 Å². The smallest absolute Gasteiger partial charge is 0.334 e. The third-order valence-corrected chi connectivity index (χ3v) is 4.05. The molecule has 3 nitrogen and oxygen atoms in total. The summed E-state index contributed by atoms with van der Waals surface area (Å²) in [6, 6.07) is 6.76. The van der Waals surface area contributed by atoms with Crippen LogP contribution in [0.2, 0.25) is 15.1 Å². The second-order valence-electron chi connectivity index (χ2n) is 4.75. The van der Waals surface area contributed by atoms with Crippen molar-refractivity contribution in [3.63, 3.8) is 0 Å². The van der Waals surface area contributed by atoms with Crippen molar-refractivity contribution < 1.29 is 18.0 Å². The van der Waals surface area contributed by atoms with Gasteiger partial charge in [-0.2, -0.15) is 13.2 Å². The summed E-state index contributed by atoms with van der Waals surface area (Å²) in [5.74, 6) is 0. The predicted molar refractivity (Wildman–Crippen MR) is 88.8 cm³/mol. The number of rotatable bonds is 3. The zero-order chi connectivity index (χ0) is 17.9. The summed E-state index contributed by atoms with van der Waals surface area (Å²) < 4.78 is 38.0. The number of hydrogen-bond donors (Lipinski definition) is 2. The van der Waals surface area contributed by atoms with Crippen LogP contribution in [0.15, 0.2) is 36.4 Å². The number of nitrogens with one attached hydrogen (secondary N) is 2. The number of alkyl halides is 3. The van der Waals surface area contributed by atoms with E-state index in [0.29, 0.717) is 15.6 Å². The Morgan fingerprint density at radius 2 is 1.62 bits per heavy atom. The quantitative estimate of drug-likeness (QED) is 0.656. The molecule has 0 aliphatic heterocycles. The number of carbonyl (C=O) groups excluding carboxylic acids is 1. The molecule has 0 atom stereocenters. The summed E-state index contributed by atoms with van der Waals surface area (Å²) in [5, 5.41) is 5.47. The number of anilines is 1. The van der Waals surface area contributed by atoms with Gasteiger partial charge in [0.15, 0.2) is 0 Å². The van der Waals surface area contributed by atoms with Crippen molar-refractivity contribution in [3.8, 4) is 0 Å². The monoisotopic (exact) mass is 396 g/mol. The van der Waals surface area contributed by atoms with Crippen molar-refractivity contribution in [3.05, 3.63) is 62.6 Å². The highest BCUT2D eigenvalue weighted by atomic mass is 35.5. The number of urea groups is 1. The zero-order valence-electron chi connectivity index (χ0n) is 11.8. The second-order valence-corrected chi connectivity index (χ2v) is 5.97. The van der Waals surface area contributed by atoms with Crippen molar-refractivity contribution in [2.45, 2.75) is 12.7 Å². The second kappa shape index (κ2) is 7.51. The summed E-state index contributed by atoms with van der Waals surface area (Å²) in [5.41, 5.74) is -0.375. The molecule has 2 rings (SSSR count). The van der Waals surface area contributed by atoms with E-state index in [1.807, 2.05) is 0 Å². The van der Waals surface area contributed by atoms with Crippen molar-refractivity contribution in [1.82, 2.24) is 5.32 Å². The van der Waals surface area contributed by atoms with E-state index in [9.17, 15) is 18.0 Å². The number of hydrogen-bond acceptors (Lipinski definition) is 1. The molecule has 24 heavy (non-hydrogen) atoms. The highest BCUT2D eigenvalue weighted by molar-refractivity contribution is 6.42. The van der Waals surface area contributed by atoms with Crippen molar-refractivity contribution >= 4 is 46.5 Å². The SMILES string of the molecule is O=C(NCc1ccc(Cl)c(Cl)c1)Nc1cc(C(F)(F)F)ccc1Cl. The van der Waals surface area contributed by atoms with E-state index in [0.717, 1.165) is 18.2 Å². The Labute approximate surface area is 150 Å². The molecule has 2 aromatic carbocycles. The lowest BCUT2D eigenvalue weighted by atomic mass is 10.2. The molecule has 0 aliphatic rings. The van der Waals surface area contributed by atoms with Crippen molar-refractivity contribution in [2.75, 3.05) is 5.32 Å². The van der Waals surface area contributed by atoms with Crippen LogP contribution in [0.4, 0.5) is 23.7 Å². The van der Waals surface area contributed by atoms with E-state index in [2.05, 4.69) is 10.6 Å². The highest BCUT2D eigenvalue weighted by Crippen LogP contribution is 2.33. The number of halogens is 6. The minimum absolute atomic E-state index is 0.00677. The van der Waals surface area contributed by atoms with Gasteiger partial charge in [0.2, 0.25) is 0 Å². The van der Waals surface area contributed by atoms with E-state index < -0.39 is 17.8 Å². The first-order valence-corrected chi connectivity index (χ1v) is 7.66. The van der Waals surface area contributed by atoms with E-state index in [1.54, 1.807) is 18.2 Å². The third-order valence-electron chi connectivity index (χ3n) is 2.98. The summed E-state index contributed by atoms with van der Waals surface area (Å²) in [7, 11) is 0. The fourth-order valence-electron chi connectivity index (χ4n) is 1.80. The van der Waals surface area contributed by atoms with Crippen LogP contribution >= 0.6 is 34.8 Å². The molecular weight excluding hydrogens is 388 g/mol. The van der Waals surface area contributed by atoms with Crippen LogP contribution in [-0.4, -0.2) is 6.03 Å². The summed E-state index contributed by atoms with van der Waals surface area (Å²) >= 11 is 17.4. The molecule has 0 radical (unpaired) electrons. The van der Waals surface area contributed by atoms with Crippen LogP contribution in [0, 0.1) is 0 Å². The number of benzene rings is 2. The molecule has 0 bridgehead atoms. The molecule has 128 valence electrons. The van der Waals surface area contributed by atoms with Crippen LogP contribution < -0.4 is 10.6 Å². The van der Waals surface area contributed by atoms with E-state index >= 15 is 0 Å². The Hall–Kier alpha value is -1.63. The minimum Gasteiger partial charge on any atom is -0.334 e. The largest absolute Gasteiger partial charge is 0.416 e. The average Bonchev–Trinajstić information content (AvgIpc) is 2.49. The summed E-state index contributed by atoms with van der Waals surface area (Å²) in [6.07, 6.45) is -4.53. The van der Waals surface area contributed by atoms with Crippen LogP contribution in [0.5, 0.6) is 0 Å². The Morgan fingerprint density at radius 3 is 2.25 bits per heavy atom. The maximum absolute atomic E-state index is 12.7. The predicted octanol–water partition coefficient (Wildman–Crippen LogP) is 5.99. The zero-order valence-corrected chi connectivity index (χ0v) is 14.1. The minimum atomic E-state index is -4.53. The lowest BCUT2D eigenvalue weighted by Crippen LogP contribution is -2.28. The van der Waals surface area contributed by atoms with Gasteiger partial charge in [0.05, 0.1) is 26.3 Å². The molecule has 2 amide bonds. The standard InChI is InChI=1S/C15H10Cl3F3N2O/c16-10-3-1-8(5-12(10)18)7-22-14(24)23-13-6-9(15(19,20)21)2-4-11(13)17/h1-6H,7H2,(H2,22,23,24). The first-order valence-electron chi connectivity index (χ1n) is 6.52. The Morgan fingerprint density at radius 1 is 0.958 bits per heavy atom. The van der Waals surface area contributed by atoms with Crippen LogP contribution in [0.3, 0.4) is 0 Å². The van der Waals surface area contributed by atoms with E-state index in [-0.39, 0.29) is 17.3 Å². The van der Waals surface area contributed by atoms with E-state index in [1.165, 1.54) is 0 Å². The summed E-state index contributed by atoms with van der Waals surface area (Å²) in [4.78, 5) is 11.8. The van der Waals surface area contributed by atoms with Gasteiger partial charge >= 0.3 is 12.2 Å².